The maximum Gasteiger partial charge on any atom is 0.328 e. The SMILES string of the molecule is C[C@](N)(C(=O)O)c1ccc2cccc(N)c2c1. The molecule has 0 fully saturated rings. The summed E-state index contributed by atoms with van der Waals surface area (Å²) in [4.78, 5) is 11.1. The van der Waals surface area contributed by atoms with Gasteiger partial charge in [-0.15, -0.1) is 0 Å². The van der Waals surface area contributed by atoms with E-state index in [4.69, 9.17) is 16.6 Å². The Balaban J connectivity index is 2.66. The first-order chi connectivity index (χ1) is 7.93. The van der Waals surface area contributed by atoms with Crippen LogP contribution < -0.4 is 11.5 Å². The highest BCUT2D eigenvalue weighted by molar-refractivity contribution is 5.94. The number of fused-ring (bicyclic) bond motifs is 1. The third-order valence-electron chi connectivity index (χ3n) is 2.96. The summed E-state index contributed by atoms with van der Waals surface area (Å²) >= 11 is 0. The molecule has 1 atom stereocenters. The Kier molecular flexibility index (Phi) is 2.52. The van der Waals surface area contributed by atoms with E-state index in [9.17, 15) is 4.79 Å². The lowest BCUT2D eigenvalue weighted by Gasteiger charge is -2.20. The molecule has 0 aliphatic carbocycles. The topological polar surface area (TPSA) is 89.3 Å². The van der Waals surface area contributed by atoms with Crippen LogP contribution in [-0.4, -0.2) is 11.1 Å². The molecule has 0 saturated heterocycles. The fraction of sp³-hybridized carbons (Fsp3) is 0.154. The third-order valence-corrected chi connectivity index (χ3v) is 2.96. The number of hydrogen-bond donors (Lipinski definition) is 3. The van der Waals surface area contributed by atoms with E-state index >= 15 is 0 Å². The van der Waals surface area contributed by atoms with Crippen LogP contribution in [0.1, 0.15) is 12.5 Å². The summed E-state index contributed by atoms with van der Waals surface area (Å²) in [7, 11) is 0. The molecule has 2 aromatic carbocycles. The molecular weight excluding hydrogens is 216 g/mol. The Hall–Kier alpha value is -2.07. The predicted molar refractivity (Wildman–Crippen MR) is 67.5 cm³/mol. The van der Waals surface area contributed by atoms with E-state index in [0.717, 1.165) is 10.8 Å². The molecule has 4 nitrogen and oxygen atoms in total. The summed E-state index contributed by atoms with van der Waals surface area (Å²) < 4.78 is 0. The number of carbonyl (C=O) groups is 1. The fourth-order valence-corrected chi connectivity index (χ4v) is 1.74. The first-order valence-corrected chi connectivity index (χ1v) is 5.24. The summed E-state index contributed by atoms with van der Waals surface area (Å²) in [5.74, 6) is -1.06. The Morgan fingerprint density at radius 3 is 2.65 bits per heavy atom. The van der Waals surface area contributed by atoms with Gasteiger partial charge in [-0.25, -0.2) is 4.79 Å². The monoisotopic (exact) mass is 230 g/mol. The maximum absolute atomic E-state index is 11.1. The van der Waals surface area contributed by atoms with Crippen molar-refractivity contribution in [2.24, 2.45) is 5.73 Å². The van der Waals surface area contributed by atoms with E-state index in [0.29, 0.717) is 11.3 Å². The zero-order chi connectivity index (χ0) is 12.6. The number of carboxylic acid groups (broad SMARTS) is 1. The number of nitrogen functional groups attached to an aromatic ring is 1. The molecule has 17 heavy (non-hydrogen) atoms. The third kappa shape index (κ3) is 1.83. The van der Waals surface area contributed by atoms with Crippen molar-refractivity contribution in [1.82, 2.24) is 0 Å². The lowest BCUT2D eigenvalue weighted by atomic mass is 9.91. The number of anilines is 1. The zero-order valence-electron chi connectivity index (χ0n) is 9.47. The van der Waals surface area contributed by atoms with Gasteiger partial charge in [-0.05, 0) is 30.0 Å². The van der Waals surface area contributed by atoms with Crippen molar-refractivity contribution < 1.29 is 9.90 Å². The molecule has 0 heterocycles. The molecule has 0 aromatic heterocycles. The molecule has 0 aliphatic heterocycles. The van der Waals surface area contributed by atoms with Crippen molar-refractivity contribution in [2.45, 2.75) is 12.5 Å². The summed E-state index contributed by atoms with van der Waals surface area (Å²) in [5, 5.41) is 10.9. The van der Waals surface area contributed by atoms with E-state index < -0.39 is 11.5 Å². The van der Waals surface area contributed by atoms with Gasteiger partial charge in [-0.2, -0.15) is 0 Å². The molecule has 5 N–H and O–H groups in total. The van der Waals surface area contributed by atoms with Crippen LogP contribution in [0.4, 0.5) is 5.69 Å². The molecule has 0 bridgehead atoms. The van der Waals surface area contributed by atoms with E-state index in [-0.39, 0.29) is 0 Å². The minimum Gasteiger partial charge on any atom is -0.480 e. The molecule has 0 saturated carbocycles. The molecule has 0 aliphatic rings. The Labute approximate surface area is 98.8 Å². The largest absolute Gasteiger partial charge is 0.480 e. The van der Waals surface area contributed by atoms with E-state index in [2.05, 4.69) is 0 Å². The van der Waals surface area contributed by atoms with E-state index in [1.807, 2.05) is 18.2 Å². The predicted octanol–water partition coefficient (Wildman–Crippen LogP) is 1.68. The van der Waals surface area contributed by atoms with Crippen molar-refractivity contribution >= 4 is 22.4 Å². The highest BCUT2D eigenvalue weighted by atomic mass is 16.4. The minimum absolute atomic E-state index is 0.537. The van der Waals surface area contributed by atoms with Gasteiger partial charge in [0.1, 0.15) is 5.54 Å². The highest BCUT2D eigenvalue weighted by Crippen LogP contribution is 2.26. The summed E-state index contributed by atoms with van der Waals surface area (Å²) in [6, 6.07) is 10.8. The molecule has 0 unspecified atom stereocenters. The minimum atomic E-state index is -1.41. The van der Waals surface area contributed by atoms with E-state index in [1.54, 1.807) is 18.2 Å². The first kappa shape index (κ1) is 11.4. The van der Waals surface area contributed by atoms with Crippen molar-refractivity contribution in [1.29, 1.82) is 0 Å². The zero-order valence-corrected chi connectivity index (χ0v) is 9.47. The van der Waals surface area contributed by atoms with Gasteiger partial charge in [0.25, 0.3) is 0 Å². The first-order valence-electron chi connectivity index (χ1n) is 5.24. The molecule has 0 amide bonds. The Morgan fingerprint density at radius 1 is 1.29 bits per heavy atom. The molecule has 88 valence electrons. The van der Waals surface area contributed by atoms with Gasteiger partial charge in [0.15, 0.2) is 0 Å². The second kappa shape index (κ2) is 3.75. The Morgan fingerprint density at radius 2 is 2.00 bits per heavy atom. The highest BCUT2D eigenvalue weighted by Gasteiger charge is 2.30. The lowest BCUT2D eigenvalue weighted by Crippen LogP contribution is -2.41. The smallest absolute Gasteiger partial charge is 0.328 e. The second-order valence-corrected chi connectivity index (χ2v) is 4.29. The quantitative estimate of drug-likeness (QED) is 0.685. The standard InChI is InChI=1S/C13H14N2O2/c1-13(15,12(16)17)9-6-5-8-3-2-4-11(14)10(8)7-9/h2-7H,14-15H2,1H3,(H,16,17)/t13-/m1/s1. The van der Waals surface area contributed by atoms with Crippen molar-refractivity contribution in [2.75, 3.05) is 5.73 Å². The molecule has 0 spiro atoms. The van der Waals surface area contributed by atoms with Gasteiger partial charge in [0, 0.05) is 11.1 Å². The van der Waals surface area contributed by atoms with Crippen LogP contribution in [0.15, 0.2) is 36.4 Å². The second-order valence-electron chi connectivity index (χ2n) is 4.29. The average molecular weight is 230 g/mol. The van der Waals surface area contributed by atoms with Gasteiger partial charge < -0.3 is 16.6 Å². The van der Waals surface area contributed by atoms with E-state index in [1.165, 1.54) is 6.92 Å². The molecule has 0 radical (unpaired) electrons. The molecular formula is C13H14N2O2. The molecule has 2 rings (SSSR count). The number of hydrogen-bond acceptors (Lipinski definition) is 3. The van der Waals surface area contributed by atoms with Crippen molar-refractivity contribution in [3.05, 3.63) is 42.0 Å². The summed E-state index contributed by atoms with van der Waals surface area (Å²) in [5.41, 5.74) is 11.4. The molecule has 4 heteroatoms. The van der Waals surface area contributed by atoms with Crippen LogP contribution >= 0.6 is 0 Å². The Bertz CT molecular complexity index is 591. The average Bonchev–Trinajstić information content (AvgIpc) is 2.29. The summed E-state index contributed by atoms with van der Waals surface area (Å²) in [6.07, 6.45) is 0. The number of rotatable bonds is 2. The number of carboxylic acids is 1. The van der Waals surface area contributed by atoms with Crippen LogP contribution in [0.25, 0.3) is 10.8 Å². The van der Waals surface area contributed by atoms with Gasteiger partial charge >= 0.3 is 5.97 Å². The van der Waals surface area contributed by atoms with Crippen LogP contribution in [0.5, 0.6) is 0 Å². The van der Waals surface area contributed by atoms with Gasteiger partial charge in [0.2, 0.25) is 0 Å². The molecule has 2 aromatic rings. The normalized spacial score (nSPS) is 14.5. The number of aliphatic carboxylic acids is 1. The fourth-order valence-electron chi connectivity index (χ4n) is 1.74. The maximum atomic E-state index is 11.1. The van der Waals surface area contributed by atoms with Crippen LogP contribution in [0.3, 0.4) is 0 Å². The number of nitrogens with two attached hydrogens (primary N) is 2. The van der Waals surface area contributed by atoms with Crippen LogP contribution in [-0.2, 0) is 10.3 Å². The van der Waals surface area contributed by atoms with Crippen LogP contribution in [0, 0.1) is 0 Å². The van der Waals surface area contributed by atoms with Gasteiger partial charge in [0.05, 0.1) is 0 Å². The lowest BCUT2D eigenvalue weighted by molar-refractivity contribution is -0.143. The van der Waals surface area contributed by atoms with Crippen LogP contribution in [0.2, 0.25) is 0 Å². The van der Waals surface area contributed by atoms with Crippen molar-refractivity contribution in [3.63, 3.8) is 0 Å². The summed E-state index contributed by atoms with van der Waals surface area (Å²) in [6.45, 7) is 1.47. The van der Waals surface area contributed by atoms with Crippen molar-refractivity contribution in [3.8, 4) is 0 Å². The van der Waals surface area contributed by atoms with Gasteiger partial charge in [-0.1, -0.05) is 24.3 Å². The van der Waals surface area contributed by atoms with Gasteiger partial charge in [-0.3, -0.25) is 0 Å². The number of benzene rings is 2.